The molecule has 0 rings (SSSR count). The van der Waals surface area contributed by atoms with Gasteiger partial charge in [0.05, 0.1) is 0 Å². The van der Waals surface area contributed by atoms with Gasteiger partial charge < -0.3 is 0 Å². The van der Waals surface area contributed by atoms with Gasteiger partial charge in [-0.3, -0.25) is 0 Å². The van der Waals surface area contributed by atoms with Crippen molar-refractivity contribution in [3.63, 3.8) is 0 Å². The van der Waals surface area contributed by atoms with Crippen LogP contribution in [0.15, 0.2) is 0 Å². The van der Waals surface area contributed by atoms with E-state index in [1.54, 1.807) is 0 Å². The minimum Gasteiger partial charge on any atom is -0.0827 e. The normalized spacial score (nSPS) is 15.4. The third kappa shape index (κ3) is 7.16. The maximum atomic E-state index is 2.49. The smallest absolute Gasteiger partial charge is 0.0827 e. The second-order valence-electron chi connectivity index (χ2n) is 4.30. The first-order valence-corrected chi connectivity index (χ1v) is 6.07. The van der Waals surface area contributed by atoms with Gasteiger partial charge in [0.2, 0.25) is 0 Å². The van der Waals surface area contributed by atoms with Crippen LogP contribution in [-0.2, 0) is 0 Å². The Bertz CT molecular complexity index is 101. The van der Waals surface area contributed by atoms with Gasteiger partial charge in [-0.05, 0) is 5.92 Å². The van der Waals surface area contributed by atoms with E-state index in [2.05, 4.69) is 35.0 Å². The van der Waals surface area contributed by atoms with Crippen LogP contribution >= 0.6 is 0 Å². The van der Waals surface area contributed by atoms with Gasteiger partial charge in [-0.15, -0.1) is 0 Å². The standard InChI is InChI=1S/C12H26B/c1-5-8-9-11(4)10-12(6-2)13-7-3/h11-12H,5-10H2,1-4H3. The second kappa shape index (κ2) is 8.65. The van der Waals surface area contributed by atoms with Crippen molar-refractivity contribution in [1.29, 1.82) is 0 Å². The Balaban J connectivity index is 3.53. The average Bonchev–Trinajstić information content (AvgIpc) is 2.14. The zero-order valence-corrected chi connectivity index (χ0v) is 9.97. The van der Waals surface area contributed by atoms with Crippen molar-refractivity contribution in [1.82, 2.24) is 0 Å². The highest BCUT2D eigenvalue weighted by molar-refractivity contribution is 6.37. The molecule has 0 aromatic heterocycles. The van der Waals surface area contributed by atoms with Crippen molar-refractivity contribution in [3.05, 3.63) is 0 Å². The lowest BCUT2D eigenvalue weighted by molar-refractivity contribution is 0.452. The molecule has 0 fully saturated rings. The molecule has 13 heavy (non-hydrogen) atoms. The Labute approximate surface area is 85.7 Å². The molecule has 0 nitrogen and oxygen atoms in total. The molecule has 0 N–H and O–H groups in total. The highest BCUT2D eigenvalue weighted by Gasteiger charge is 2.10. The third-order valence-electron chi connectivity index (χ3n) is 2.85. The molecule has 0 aliphatic rings. The molecule has 0 bridgehead atoms. The molecule has 0 spiro atoms. The van der Waals surface area contributed by atoms with Crippen LogP contribution in [0.25, 0.3) is 0 Å². The number of hydrogen-bond donors (Lipinski definition) is 0. The second-order valence-corrected chi connectivity index (χ2v) is 4.30. The van der Waals surface area contributed by atoms with E-state index in [0.717, 1.165) is 11.7 Å². The Morgan fingerprint density at radius 3 is 2.31 bits per heavy atom. The first-order chi connectivity index (χ1) is 6.24. The Morgan fingerprint density at radius 1 is 1.15 bits per heavy atom. The van der Waals surface area contributed by atoms with E-state index >= 15 is 0 Å². The van der Waals surface area contributed by atoms with Gasteiger partial charge >= 0.3 is 0 Å². The van der Waals surface area contributed by atoms with Gasteiger partial charge in [0.25, 0.3) is 0 Å². The van der Waals surface area contributed by atoms with Gasteiger partial charge in [-0.25, -0.2) is 0 Å². The molecule has 1 radical (unpaired) electrons. The molecule has 2 unspecified atom stereocenters. The van der Waals surface area contributed by atoms with Crippen LogP contribution in [0.3, 0.4) is 0 Å². The summed E-state index contributed by atoms with van der Waals surface area (Å²) in [6.07, 6.45) is 8.14. The van der Waals surface area contributed by atoms with E-state index < -0.39 is 0 Å². The maximum Gasteiger partial charge on any atom is 0.113 e. The van der Waals surface area contributed by atoms with Gasteiger partial charge in [0.1, 0.15) is 7.28 Å². The summed E-state index contributed by atoms with van der Waals surface area (Å²) in [6, 6.07) is 0. The molecule has 0 heterocycles. The highest BCUT2D eigenvalue weighted by atomic mass is 14.1. The van der Waals surface area contributed by atoms with Crippen molar-refractivity contribution in [2.45, 2.75) is 71.9 Å². The largest absolute Gasteiger partial charge is 0.113 e. The summed E-state index contributed by atoms with van der Waals surface area (Å²) in [5.74, 6) is 1.80. The third-order valence-corrected chi connectivity index (χ3v) is 2.85. The number of hydrogen-bond acceptors (Lipinski definition) is 0. The Hall–Kier alpha value is 0.0649. The Kier molecular flexibility index (Phi) is 8.70. The van der Waals surface area contributed by atoms with E-state index in [-0.39, 0.29) is 0 Å². The van der Waals surface area contributed by atoms with Crippen molar-refractivity contribution in [2.75, 3.05) is 0 Å². The predicted molar refractivity (Wildman–Crippen MR) is 63.6 cm³/mol. The van der Waals surface area contributed by atoms with Gasteiger partial charge in [0.15, 0.2) is 0 Å². The quantitative estimate of drug-likeness (QED) is 0.482. The molecule has 0 saturated carbocycles. The number of rotatable bonds is 8. The molecule has 0 aliphatic carbocycles. The first-order valence-electron chi connectivity index (χ1n) is 6.07. The summed E-state index contributed by atoms with van der Waals surface area (Å²) in [7, 11) is 2.49. The monoisotopic (exact) mass is 181 g/mol. The molecule has 0 aliphatic heterocycles. The van der Waals surface area contributed by atoms with Crippen LogP contribution in [0.4, 0.5) is 0 Å². The lowest BCUT2D eigenvalue weighted by atomic mass is 9.58. The first kappa shape index (κ1) is 13.1. The van der Waals surface area contributed by atoms with Gasteiger partial charge in [-0.1, -0.05) is 71.9 Å². The van der Waals surface area contributed by atoms with E-state index in [9.17, 15) is 0 Å². The molecule has 0 aromatic rings. The van der Waals surface area contributed by atoms with Crippen LogP contribution < -0.4 is 0 Å². The van der Waals surface area contributed by atoms with Crippen molar-refractivity contribution in [2.24, 2.45) is 5.92 Å². The lowest BCUT2D eigenvalue weighted by Crippen LogP contribution is -2.06. The zero-order chi connectivity index (χ0) is 10.1. The van der Waals surface area contributed by atoms with Crippen LogP contribution in [-0.4, -0.2) is 7.28 Å². The minimum absolute atomic E-state index is 0.872. The van der Waals surface area contributed by atoms with E-state index in [4.69, 9.17) is 0 Å². The van der Waals surface area contributed by atoms with Crippen LogP contribution in [0.1, 0.15) is 59.8 Å². The molecule has 0 saturated heterocycles. The predicted octanol–water partition coefficient (Wildman–Crippen LogP) is 4.54. The van der Waals surface area contributed by atoms with Gasteiger partial charge in [0, 0.05) is 0 Å². The van der Waals surface area contributed by atoms with E-state index in [0.29, 0.717) is 0 Å². The topological polar surface area (TPSA) is 0 Å². The molecular weight excluding hydrogens is 155 g/mol. The minimum atomic E-state index is 0.872. The molecule has 1 heteroatoms. The molecule has 0 amide bonds. The van der Waals surface area contributed by atoms with Gasteiger partial charge in [-0.2, -0.15) is 0 Å². The summed E-state index contributed by atoms with van der Waals surface area (Å²) in [6.45, 7) is 9.24. The summed E-state index contributed by atoms with van der Waals surface area (Å²) in [5.41, 5.74) is 0. The van der Waals surface area contributed by atoms with Crippen molar-refractivity contribution < 1.29 is 0 Å². The fourth-order valence-electron chi connectivity index (χ4n) is 1.95. The van der Waals surface area contributed by atoms with E-state index in [1.165, 1.54) is 38.4 Å². The van der Waals surface area contributed by atoms with Crippen molar-refractivity contribution >= 4 is 7.28 Å². The van der Waals surface area contributed by atoms with Crippen LogP contribution in [0.5, 0.6) is 0 Å². The highest BCUT2D eigenvalue weighted by Crippen LogP contribution is 2.24. The molecule has 77 valence electrons. The lowest BCUT2D eigenvalue weighted by Gasteiger charge is -2.18. The van der Waals surface area contributed by atoms with Crippen molar-refractivity contribution in [3.8, 4) is 0 Å². The molecular formula is C12H26B. The maximum absolute atomic E-state index is 2.49. The van der Waals surface area contributed by atoms with E-state index in [1.807, 2.05) is 0 Å². The zero-order valence-electron chi connectivity index (χ0n) is 9.97. The summed E-state index contributed by atoms with van der Waals surface area (Å²) in [4.78, 5) is 0. The van der Waals surface area contributed by atoms with Crippen LogP contribution in [0, 0.1) is 5.92 Å². The van der Waals surface area contributed by atoms with Crippen LogP contribution in [0.2, 0.25) is 12.1 Å². The number of unbranched alkanes of at least 4 members (excludes halogenated alkanes) is 1. The fraction of sp³-hybridized carbons (Fsp3) is 1.00. The summed E-state index contributed by atoms with van der Waals surface area (Å²) < 4.78 is 0. The SMILES string of the molecule is CC[B]C(CC)CC(C)CCCC. The fourth-order valence-corrected chi connectivity index (χ4v) is 1.95. The summed E-state index contributed by atoms with van der Waals surface area (Å²) >= 11 is 0. The summed E-state index contributed by atoms with van der Waals surface area (Å²) in [5, 5.41) is 0. The molecule has 2 atom stereocenters. The molecule has 0 aromatic carbocycles. The Morgan fingerprint density at radius 2 is 1.85 bits per heavy atom. The average molecular weight is 181 g/mol.